The van der Waals surface area contributed by atoms with Gasteiger partial charge in [-0.25, -0.2) is 0 Å². The van der Waals surface area contributed by atoms with Gasteiger partial charge in [0.2, 0.25) is 0 Å². The molecule has 24 heavy (non-hydrogen) atoms. The summed E-state index contributed by atoms with van der Waals surface area (Å²) in [5.41, 5.74) is 8.12. The number of nitro groups is 1. The van der Waals surface area contributed by atoms with Crippen LogP contribution in [0.3, 0.4) is 0 Å². The largest absolute Gasteiger partial charge is 0.330 e. The summed E-state index contributed by atoms with van der Waals surface area (Å²) >= 11 is 6.23. The van der Waals surface area contributed by atoms with E-state index in [1.807, 2.05) is 18.2 Å². The fourth-order valence-electron chi connectivity index (χ4n) is 3.44. The zero-order valence-corrected chi connectivity index (χ0v) is 14.0. The summed E-state index contributed by atoms with van der Waals surface area (Å²) in [6.45, 7) is 2.97. The van der Waals surface area contributed by atoms with Crippen molar-refractivity contribution in [1.82, 2.24) is 4.90 Å². The van der Waals surface area contributed by atoms with Gasteiger partial charge in [-0.2, -0.15) is 0 Å². The van der Waals surface area contributed by atoms with Crippen LogP contribution in [-0.4, -0.2) is 29.5 Å². The van der Waals surface area contributed by atoms with Crippen molar-refractivity contribution in [3.05, 3.63) is 74.8 Å². The highest BCUT2D eigenvalue weighted by atomic mass is 35.5. The molecule has 6 heteroatoms. The minimum Gasteiger partial charge on any atom is -0.330 e. The van der Waals surface area contributed by atoms with Crippen molar-refractivity contribution < 1.29 is 4.92 Å². The maximum atomic E-state index is 11.0. The molecule has 0 bridgehead atoms. The number of non-ortho nitro benzene ring substituents is 1. The Morgan fingerprint density at radius 1 is 1.21 bits per heavy atom. The van der Waals surface area contributed by atoms with Gasteiger partial charge in [-0.15, -0.1) is 0 Å². The molecule has 1 heterocycles. The van der Waals surface area contributed by atoms with Gasteiger partial charge in [0.25, 0.3) is 5.69 Å². The minimum atomic E-state index is -0.390. The van der Waals surface area contributed by atoms with E-state index in [0.29, 0.717) is 29.9 Å². The number of nitro benzene ring substituents is 1. The SMILES string of the molecule is NC[C@@H]1CN(Cc2cc([N+](=O)[O-])ccc2Cl)C[C@H]1c1ccccc1. The predicted octanol–water partition coefficient (Wildman–Crippen LogP) is 3.42. The van der Waals surface area contributed by atoms with Gasteiger partial charge in [0, 0.05) is 42.7 Å². The molecule has 3 rings (SSSR count). The molecule has 2 aromatic carbocycles. The van der Waals surface area contributed by atoms with E-state index in [9.17, 15) is 10.1 Å². The number of hydrogen-bond donors (Lipinski definition) is 1. The standard InChI is InChI=1S/C18H20ClN3O2/c19-18-7-6-16(22(23)24)8-14(18)10-21-11-15(9-20)17(12-21)13-4-2-1-3-5-13/h1-8,15,17H,9-12,20H2/t15-,17+/m1/s1. The number of benzene rings is 2. The van der Waals surface area contributed by atoms with Gasteiger partial charge < -0.3 is 5.73 Å². The molecule has 5 nitrogen and oxygen atoms in total. The lowest BCUT2D eigenvalue weighted by atomic mass is 9.89. The van der Waals surface area contributed by atoms with Crippen LogP contribution in [0.2, 0.25) is 5.02 Å². The van der Waals surface area contributed by atoms with Gasteiger partial charge in [-0.05, 0) is 29.7 Å². The third-order valence-electron chi connectivity index (χ3n) is 4.68. The summed E-state index contributed by atoms with van der Waals surface area (Å²) in [6, 6.07) is 15.0. The lowest BCUT2D eigenvalue weighted by Gasteiger charge is -2.17. The second-order valence-corrected chi connectivity index (χ2v) is 6.65. The first-order valence-corrected chi connectivity index (χ1v) is 8.36. The maximum absolute atomic E-state index is 11.0. The number of nitrogens with two attached hydrogens (primary N) is 1. The highest BCUT2D eigenvalue weighted by molar-refractivity contribution is 6.31. The molecule has 126 valence electrons. The molecule has 0 aromatic heterocycles. The molecule has 1 aliphatic rings. The predicted molar refractivity (Wildman–Crippen MR) is 95.1 cm³/mol. The Labute approximate surface area is 146 Å². The zero-order valence-electron chi connectivity index (χ0n) is 13.3. The van der Waals surface area contributed by atoms with E-state index >= 15 is 0 Å². The molecule has 1 aliphatic heterocycles. The Morgan fingerprint density at radius 3 is 2.62 bits per heavy atom. The quantitative estimate of drug-likeness (QED) is 0.665. The lowest BCUT2D eigenvalue weighted by molar-refractivity contribution is -0.384. The second-order valence-electron chi connectivity index (χ2n) is 6.24. The van der Waals surface area contributed by atoms with Gasteiger partial charge >= 0.3 is 0 Å². The molecule has 0 unspecified atom stereocenters. The molecular weight excluding hydrogens is 326 g/mol. The third kappa shape index (κ3) is 3.59. The van der Waals surface area contributed by atoms with Gasteiger partial charge in [-0.3, -0.25) is 15.0 Å². The number of halogens is 1. The van der Waals surface area contributed by atoms with Crippen LogP contribution in [0.1, 0.15) is 17.0 Å². The summed E-state index contributed by atoms with van der Waals surface area (Å²) in [6.07, 6.45) is 0. The first-order chi connectivity index (χ1) is 11.6. The van der Waals surface area contributed by atoms with E-state index < -0.39 is 0 Å². The average molecular weight is 346 g/mol. The topological polar surface area (TPSA) is 72.4 Å². The first-order valence-electron chi connectivity index (χ1n) is 7.98. The van der Waals surface area contributed by atoms with Crippen molar-refractivity contribution in [3.8, 4) is 0 Å². The van der Waals surface area contributed by atoms with Crippen LogP contribution >= 0.6 is 11.6 Å². The Hall–Kier alpha value is -1.95. The van der Waals surface area contributed by atoms with Crippen LogP contribution in [0.4, 0.5) is 5.69 Å². The molecular formula is C18H20ClN3O2. The first kappa shape index (κ1) is 16.9. The number of likely N-dealkylation sites (tertiary alicyclic amines) is 1. The highest BCUT2D eigenvalue weighted by Crippen LogP contribution is 2.34. The molecule has 1 saturated heterocycles. The van der Waals surface area contributed by atoms with E-state index in [1.54, 1.807) is 12.1 Å². The van der Waals surface area contributed by atoms with Crippen molar-refractivity contribution in [1.29, 1.82) is 0 Å². The summed E-state index contributed by atoms with van der Waals surface area (Å²) in [7, 11) is 0. The molecule has 1 fully saturated rings. The van der Waals surface area contributed by atoms with Crippen LogP contribution in [-0.2, 0) is 6.54 Å². The van der Waals surface area contributed by atoms with Crippen LogP contribution in [0.25, 0.3) is 0 Å². The minimum absolute atomic E-state index is 0.0728. The summed E-state index contributed by atoms with van der Waals surface area (Å²) in [5, 5.41) is 11.5. The molecule has 0 saturated carbocycles. The van der Waals surface area contributed by atoms with E-state index in [2.05, 4.69) is 17.0 Å². The van der Waals surface area contributed by atoms with Gasteiger partial charge in [-0.1, -0.05) is 41.9 Å². The van der Waals surface area contributed by atoms with Crippen molar-refractivity contribution in [2.75, 3.05) is 19.6 Å². The Kier molecular flexibility index (Phi) is 5.14. The van der Waals surface area contributed by atoms with Gasteiger partial charge in [0.05, 0.1) is 4.92 Å². The Morgan fingerprint density at radius 2 is 1.96 bits per heavy atom. The third-order valence-corrected chi connectivity index (χ3v) is 5.05. The number of nitrogens with zero attached hydrogens (tertiary/aromatic N) is 2. The fourth-order valence-corrected chi connectivity index (χ4v) is 3.62. The Balaban J connectivity index is 1.77. The average Bonchev–Trinajstić information content (AvgIpc) is 3.00. The molecule has 2 aromatic rings. The molecule has 2 atom stereocenters. The number of hydrogen-bond acceptors (Lipinski definition) is 4. The smallest absolute Gasteiger partial charge is 0.269 e. The van der Waals surface area contributed by atoms with Crippen LogP contribution in [0.15, 0.2) is 48.5 Å². The molecule has 0 amide bonds. The maximum Gasteiger partial charge on any atom is 0.269 e. The zero-order chi connectivity index (χ0) is 17.1. The molecule has 0 aliphatic carbocycles. The Bertz CT molecular complexity index is 723. The van der Waals surface area contributed by atoms with E-state index in [0.717, 1.165) is 18.7 Å². The van der Waals surface area contributed by atoms with Gasteiger partial charge in [0.15, 0.2) is 0 Å². The summed E-state index contributed by atoms with van der Waals surface area (Å²) < 4.78 is 0. The van der Waals surface area contributed by atoms with Gasteiger partial charge in [0.1, 0.15) is 0 Å². The molecule has 0 radical (unpaired) electrons. The van der Waals surface area contributed by atoms with Crippen LogP contribution in [0.5, 0.6) is 0 Å². The van der Waals surface area contributed by atoms with Crippen molar-refractivity contribution in [2.24, 2.45) is 11.7 Å². The molecule has 2 N–H and O–H groups in total. The van der Waals surface area contributed by atoms with Crippen molar-refractivity contribution in [3.63, 3.8) is 0 Å². The fraction of sp³-hybridized carbons (Fsp3) is 0.333. The van der Waals surface area contributed by atoms with Crippen molar-refractivity contribution >= 4 is 17.3 Å². The van der Waals surface area contributed by atoms with Crippen LogP contribution in [0, 0.1) is 16.0 Å². The normalized spacial score (nSPS) is 21.1. The van der Waals surface area contributed by atoms with Crippen molar-refractivity contribution in [2.45, 2.75) is 12.5 Å². The molecule has 0 spiro atoms. The lowest BCUT2D eigenvalue weighted by Crippen LogP contribution is -2.23. The summed E-state index contributed by atoms with van der Waals surface area (Å²) in [5.74, 6) is 0.763. The number of rotatable bonds is 5. The summed E-state index contributed by atoms with van der Waals surface area (Å²) in [4.78, 5) is 12.9. The van der Waals surface area contributed by atoms with E-state index in [1.165, 1.54) is 11.6 Å². The monoisotopic (exact) mass is 345 g/mol. The van der Waals surface area contributed by atoms with E-state index in [-0.39, 0.29) is 10.6 Å². The van der Waals surface area contributed by atoms with E-state index in [4.69, 9.17) is 17.3 Å². The second kappa shape index (κ2) is 7.30. The highest BCUT2D eigenvalue weighted by Gasteiger charge is 2.33. The van der Waals surface area contributed by atoms with Crippen LogP contribution < -0.4 is 5.73 Å².